The summed E-state index contributed by atoms with van der Waals surface area (Å²) in [7, 11) is 0. The molecule has 0 saturated carbocycles. The van der Waals surface area contributed by atoms with Crippen LogP contribution in [0.3, 0.4) is 0 Å². The predicted molar refractivity (Wildman–Crippen MR) is 136 cm³/mol. The first-order valence-corrected chi connectivity index (χ1v) is 13.6. The Kier molecular flexibility index (Phi) is 5.56. The number of unbranched alkanes of at least 4 members (excludes halogenated alkanes) is 1. The molecule has 0 amide bonds. The lowest BCUT2D eigenvalue weighted by molar-refractivity contribution is 0.687. The maximum Gasteiger partial charge on any atom is 0.117 e. The van der Waals surface area contributed by atoms with Gasteiger partial charge in [-0.15, -0.1) is 11.8 Å². The van der Waals surface area contributed by atoms with Crippen molar-refractivity contribution >= 4 is 40.0 Å². The number of aromatic nitrogens is 2. The van der Waals surface area contributed by atoms with Gasteiger partial charge in [0.2, 0.25) is 0 Å². The molecule has 32 heavy (non-hydrogen) atoms. The second kappa shape index (κ2) is 8.68. The van der Waals surface area contributed by atoms with Crippen molar-refractivity contribution in [1.82, 2.24) is 9.97 Å². The molecule has 3 heterocycles. The molecule has 0 radical (unpaired) electrons. The molecule has 1 aliphatic carbocycles. The van der Waals surface area contributed by atoms with Crippen molar-refractivity contribution in [3.8, 4) is 0 Å². The Bertz CT molecular complexity index is 1250. The number of benzene rings is 2. The number of fused-ring (bicyclic) bond motifs is 5. The summed E-state index contributed by atoms with van der Waals surface area (Å²) in [5.74, 6) is 1.28. The van der Waals surface area contributed by atoms with Gasteiger partial charge in [0.1, 0.15) is 16.7 Å². The zero-order valence-electron chi connectivity index (χ0n) is 18.4. The lowest BCUT2D eigenvalue weighted by Gasteiger charge is -2.26. The standard InChI is InChI=1S/C27H27N3S2/c1-2-3-11-22-20-9-6-10-21(20)23-24-25(32-26(23)30-22)27(29-16-28-24)31-15-17-12-13-18-7-4-5-8-19(18)14-17/h4-5,7-8,12-14,16,23,26H,2-3,6,9-11,15H2,1H3/t23-,26-/m0/s1. The fourth-order valence-corrected chi connectivity index (χ4v) is 7.74. The maximum atomic E-state index is 5.28. The minimum Gasteiger partial charge on any atom is -0.274 e. The average molecular weight is 458 g/mol. The van der Waals surface area contributed by atoms with Gasteiger partial charge in [0.05, 0.1) is 16.5 Å². The number of rotatable bonds is 6. The fourth-order valence-electron chi connectivity index (χ4n) is 5.28. The zero-order chi connectivity index (χ0) is 21.5. The zero-order valence-corrected chi connectivity index (χ0v) is 20.0. The fraction of sp³-hybridized carbons (Fsp3) is 0.370. The summed E-state index contributed by atoms with van der Waals surface area (Å²) in [5, 5.41) is 3.97. The van der Waals surface area contributed by atoms with Crippen LogP contribution >= 0.6 is 23.5 Å². The van der Waals surface area contributed by atoms with Crippen LogP contribution in [0, 0.1) is 0 Å². The Morgan fingerprint density at radius 1 is 1.06 bits per heavy atom. The van der Waals surface area contributed by atoms with Gasteiger partial charge in [-0.2, -0.15) is 0 Å². The normalized spacial score (nSPS) is 21.5. The second-order valence-electron chi connectivity index (χ2n) is 8.89. The van der Waals surface area contributed by atoms with Gasteiger partial charge in [0, 0.05) is 11.5 Å². The molecule has 1 aromatic heterocycles. The smallest absolute Gasteiger partial charge is 0.117 e. The van der Waals surface area contributed by atoms with Crippen molar-refractivity contribution in [2.24, 2.45) is 4.99 Å². The second-order valence-corrected chi connectivity index (χ2v) is 11.0. The Hall–Kier alpha value is -2.11. The van der Waals surface area contributed by atoms with E-state index in [4.69, 9.17) is 15.0 Å². The van der Waals surface area contributed by atoms with Gasteiger partial charge in [-0.1, -0.05) is 73.1 Å². The Balaban J connectivity index is 1.28. The molecule has 0 unspecified atom stereocenters. The van der Waals surface area contributed by atoms with E-state index in [1.165, 1.54) is 64.7 Å². The van der Waals surface area contributed by atoms with Gasteiger partial charge in [-0.25, -0.2) is 9.97 Å². The maximum absolute atomic E-state index is 5.28. The number of dihydropyridines is 1. The minimum absolute atomic E-state index is 0.255. The molecule has 0 N–H and O–H groups in total. The van der Waals surface area contributed by atoms with E-state index in [9.17, 15) is 0 Å². The highest BCUT2D eigenvalue weighted by molar-refractivity contribution is 8.02. The molecule has 5 heteroatoms. The molecule has 0 bridgehead atoms. The van der Waals surface area contributed by atoms with Crippen LogP contribution in [0.2, 0.25) is 0 Å². The van der Waals surface area contributed by atoms with E-state index in [1.54, 1.807) is 17.5 Å². The van der Waals surface area contributed by atoms with E-state index in [0.29, 0.717) is 5.92 Å². The van der Waals surface area contributed by atoms with Crippen LogP contribution in [-0.2, 0) is 5.75 Å². The monoisotopic (exact) mass is 457 g/mol. The molecule has 3 nitrogen and oxygen atoms in total. The van der Waals surface area contributed by atoms with Gasteiger partial charge in [-0.3, -0.25) is 4.99 Å². The summed E-state index contributed by atoms with van der Waals surface area (Å²) in [6.45, 7) is 2.27. The van der Waals surface area contributed by atoms with Crippen molar-refractivity contribution in [1.29, 1.82) is 0 Å². The third kappa shape index (κ3) is 3.60. The van der Waals surface area contributed by atoms with Crippen LogP contribution in [0.15, 0.2) is 74.9 Å². The van der Waals surface area contributed by atoms with Crippen LogP contribution in [0.4, 0.5) is 0 Å². The lowest BCUT2D eigenvalue weighted by Crippen LogP contribution is -2.21. The van der Waals surface area contributed by atoms with Crippen molar-refractivity contribution in [2.75, 3.05) is 0 Å². The van der Waals surface area contributed by atoms with Gasteiger partial charge >= 0.3 is 0 Å². The molecule has 0 spiro atoms. The van der Waals surface area contributed by atoms with Gasteiger partial charge in [0.15, 0.2) is 0 Å². The lowest BCUT2D eigenvalue weighted by atomic mass is 9.87. The first-order chi connectivity index (χ1) is 15.8. The van der Waals surface area contributed by atoms with E-state index in [0.717, 1.165) is 17.2 Å². The topological polar surface area (TPSA) is 38.1 Å². The predicted octanol–water partition coefficient (Wildman–Crippen LogP) is 7.56. The minimum atomic E-state index is 0.255. The quantitative estimate of drug-likeness (QED) is 0.283. The molecule has 6 rings (SSSR count). The number of nitrogens with zero attached hydrogens (tertiary/aromatic N) is 3. The van der Waals surface area contributed by atoms with Gasteiger partial charge < -0.3 is 0 Å². The molecule has 3 aromatic rings. The van der Waals surface area contributed by atoms with E-state index >= 15 is 0 Å². The molecule has 0 saturated heterocycles. The first-order valence-electron chi connectivity index (χ1n) is 11.7. The van der Waals surface area contributed by atoms with Crippen LogP contribution in [0.5, 0.6) is 0 Å². The number of allylic oxidation sites excluding steroid dienone is 1. The van der Waals surface area contributed by atoms with Crippen LogP contribution in [0.25, 0.3) is 10.8 Å². The molecule has 162 valence electrons. The van der Waals surface area contributed by atoms with Gasteiger partial charge in [-0.05, 0) is 54.0 Å². The summed E-state index contributed by atoms with van der Waals surface area (Å²) >= 11 is 3.74. The third-order valence-electron chi connectivity index (χ3n) is 6.84. The SMILES string of the molecule is CCCCC1=N[C@H]2Sc3c(SCc4ccc5ccccc5c4)ncnc3[C@@H]2C2=C1CCC2. The molecule has 0 fully saturated rings. The van der Waals surface area contributed by atoms with Crippen LogP contribution in [-0.4, -0.2) is 21.1 Å². The van der Waals surface area contributed by atoms with Crippen molar-refractivity contribution in [3.05, 3.63) is 71.2 Å². The summed E-state index contributed by atoms with van der Waals surface area (Å²) < 4.78 is 0. The number of hydrogen-bond acceptors (Lipinski definition) is 5. The molecule has 2 aromatic carbocycles. The van der Waals surface area contributed by atoms with Crippen molar-refractivity contribution in [2.45, 2.75) is 72.4 Å². The third-order valence-corrected chi connectivity index (χ3v) is 9.29. The Labute approximate surface area is 198 Å². The van der Waals surface area contributed by atoms with Gasteiger partial charge in [0.25, 0.3) is 0 Å². The summed E-state index contributed by atoms with van der Waals surface area (Å²) in [6, 6.07) is 15.3. The van der Waals surface area contributed by atoms with Crippen molar-refractivity contribution < 1.29 is 0 Å². The van der Waals surface area contributed by atoms with E-state index < -0.39 is 0 Å². The van der Waals surface area contributed by atoms with E-state index in [2.05, 4.69) is 49.4 Å². The summed E-state index contributed by atoms with van der Waals surface area (Å²) in [6.07, 6.45) is 9.05. The molecule has 2 atom stereocenters. The highest BCUT2D eigenvalue weighted by Gasteiger charge is 2.43. The number of thioether (sulfide) groups is 2. The molecular formula is C27H27N3S2. The largest absolute Gasteiger partial charge is 0.274 e. The number of aliphatic imine (C=N–C) groups is 1. The first kappa shape index (κ1) is 20.5. The summed E-state index contributed by atoms with van der Waals surface area (Å²) in [5.41, 5.74) is 7.15. The average Bonchev–Trinajstić information content (AvgIpc) is 3.45. The molecule has 2 aliphatic heterocycles. The van der Waals surface area contributed by atoms with Crippen LogP contribution in [0.1, 0.15) is 62.6 Å². The summed E-state index contributed by atoms with van der Waals surface area (Å²) in [4.78, 5) is 16.1. The van der Waals surface area contributed by atoms with E-state index in [-0.39, 0.29) is 5.37 Å². The highest BCUT2D eigenvalue weighted by atomic mass is 32.2. The Morgan fingerprint density at radius 3 is 2.88 bits per heavy atom. The molecular weight excluding hydrogens is 430 g/mol. The molecule has 3 aliphatic rings. The van der Waals surface area contributed by atoms with Crippen molar-refractivity contribution in [3.63, 3.8) is 0 Å². The van der Waals surface area contributed by atoms with Crippen LogP contribution < -0.4 is 0 Å². The van der Waals surface area contributed by atoms with E-state index in [1.807, 2.05) is 23.5 Å². The Morgan fingerprint density at radius 2 is 1.97 bits per heavy atom. The number of hydrogen-bond donors (Lipinski definition) is 0. The highest BCUT2D eigenvalue weighted by Crippen LogP contribution is 2.56.